The number of aromatic carboxylic acids is 4. The third kappa shape index (κ3) is 6.85. The highest BCUT2D eigenvalue weighted by Crippen LogP contribution is 2.06. The summed E-state index contributed by atoms with van der Waals surface area (Å²) in [5, 5.41) is 34.1. The van der Waals surface area contributed by atoms with Crippen LogP contribution in [-0.2, 0) is 14.1 Å². The summed E-state index contributed by atoms with van der Waals surface area (Å²) < 4.78 is 2.29. The van der Waals surface area contributed by atoms with Gasteiger partial charge in [-0.05, 0) is 14.1 Å². The zero-order valence-electron chi connectivity index (χ0n) is 15.5. The molecule has 0 aromatic carbocycles. The zero-order valence-corrected chi connectivity index (χ0v) is 15.5. The molecule has 8 N–H and O–H groups in total. The van der Waals surface area contributed by atoms with Crippen molar-refractivity contribution in [1.82, 2.24) is 19.1 Å². The number of hydrogen-bond donors (Lipinski definition) is 6. The predicted octanol–water partition coefficient (Wildman–Crippen LogP) is -1.22. The van der Waals surface area contributed by atoms with E-state index in [-0.39, 0.29) is 11.4 Å². The highest BCUT2D eigenvalue weighted by molar-refractivity contribution is 5.99. The van der Waals surface area contributed by atoms with Gasteiger partial charge in [-0.15, -0.1) is 0 Å². The van der Waals surface area contributed by atoms with Crippen LogP contribution in [0.25, 0.3) is 0 Å². The molecular weight excluding hydrogens is 380 g/mol. The van der Waals surface area contributed by atoms with E-state index in [1.54, 1.807) is 0 Å². The summed E-state index contributed by atoms with van der Waals surface area (Å²) in [5.41, 5.74) is 7.49. The van der Waals surface area contributed by atoms with Crippen LogP contribution in [-0.4, -0.2) is 77.5 Å². The highest BCUT2D eigenvalue weighted by Gasteiger charge is 2.21. The van der Waals surface area contributed by atoms with Crippen molar-refractivity contribution in [2.75, 3.05) is 14.1 Å². The lowest BCUT2D eigenvalue weighted by Crippen LogP contribution is -2.10. The third-order valence-electron chi connectivity index (χ3n) is 2.68. The van der Waals surface area contributed by atoms with E-state index in [1.165, 1.54) is 28.2 Å². The molecule has 156 valence electrons. The van der Waals surface area contributed by atoms with Crippen molar-refractivity contribution in [3.63, 3.8) is 0 Å². The van der Waals surface area contributed by atoms with Crippen molar-refractivity contribution in [1.29, 1.82) is 0 Å². The lowest BCUT2D eigenvalue weighted by Gasteiger charge is -1.95. The van der Waals surface area contributed by atoms with E-state index in [0.717, 1.165) is 21.8 Å². The van der Waals surface area contributed by atoms with Crippen molar-refractivity contribution in [2.24, 2.45) is 25.6 Å². The first-order valence-electron chi connectivity index (χ1n) is 7.19. The fourth-order valence-electron chi connectivity index (χ4n) is 1.68. The monoisotopic (exact) mass is 402 g/mol. The van der Waals surface area contributed by atoms with Crippen molar-refractivity contribution < 1.29 is 39.6 Å². The Bertz CT molecular complexity index is 758. The number of nitrogens with two attached hydrogens (primary N) is 2. The Hall–Kier alpha value is -3.78. The Labute approximate surface area is 158 Å². The van der Waals surface area contributed by atoms with Crippen LogP contribution in [0.15, 0.2) is 12.7 Å². The van der Waals surface area contributed by atoms with Crippen molar-refractivity contribution in [3.8, 4) is 0 Å². The molecule has 0 radical (unpaired) electrons. The van der Waals surface area contributed by atoms with Crippen LogP contribution in [0, 0.1) is 0 Å². The van der Waals surface area contributed by atoms with Crippen LogP contribution in [0.4, 0.5) is 0 Å². The zero-order chi connectivity index (χ0) is 22.6. The van der Waals surface area contributed by atoms with E-state index >= 15 is 0 Å². The van der Waals surface area contributed by atoms with Gasteiger partial charge in [0.05, 0.1) is 12.7 Å². The van der Waals surface area contributed by atoms with Gasteiger partial charge in [0.25, 0.3) is 0 Å². The SMILES string of the molecule is CN.CN.Cn1cnc(C(=O)O)c1C(=O)O.Cn1cnc(C(=O)O)c1C(=O)O. The van der Waals surface area contributed by atoms with Gasteiger partial charge in [-0.3, -0.25) is 0 Å². The van der Waals surface area contributed by atoms with Crippen molar-refractivity contribution in [3.05, 3.63) is 35.4 Å². The van der Waals surface area contributed by atoms with Gasteiger partial charge in [0, 0.05) is 14.1 Å². The van der Waals surface area contributed by atoms with Crippen molar-refractivity contribution >= 4 is 23.9 Å². The van der Waals surface area contributed by atoms with Gasteiger partial charge in [-0.2, -0.15) is 0 Å². The number of hydrogen-bond acceptors (Lipinski definition) is 8. The fourth-order valence-corrected chi connectivity index (χ4v) is 1.68. The maximum absolute atomic E-state index is 10.5. The number of aryl methyl sites for hydroxylation is 2. The number of aromatic nitrogens is 4. The number of carboxylic acids is 4. The molecule has 0 saturated carbocycles. The minimum atomic E-state index is -1.34. The molecule has 0 aliphatic heterocycles. The largest absolute Gasteiger partial charge is 0.476 e. The van der Waals surface area contributed by atoms with E-state index in [4.69, 9.17) is 20.4 Å². The Morgan fingerprint density at radius 3 is 1.07 bits per heavy atom. The molecule has 14 heteroatoms. The predicted molar refractivity (Wildman–Crippen MR) is 94.5 cm³/mol. The van der Waals surface area contributed by atoms with Crippen LogP contribution in [0.1, 0.15) is 42.0 Å². The number of nitrogens with zero attached hydrogens (tertiary/aromatic N) is 4. The Balaban J connectivity index is 0. The number of rotatable bonds is 4. The Morgan fingerprint density at radius 1 is 0.679 bits per heavy atom. The van der Waals surface area contributed by atoms with E-state index in [9.17, 15) is 19.2 Å². The summed E-state index contributed by atoms with van der Waals surface area (Å²) in [4.78, 5) is 48.6. The maximum atomic E-state index is 10.5. The van der Waals surface area contributed by atoms with Crippen LogP contribution in [0.3, 0.4) is 0 Å². The average molecular weight is 402 g/mol. The second-order valence-electron chi connectivity index (χ2n) is 4.33. The van der Waals surface area contributed by atoms with Gasteiger partial charge < -0.3 is 41.0 Å². The van der Waals surface area contributed by atoms with E-state index in [2.05, 4.69) is 21.4 Å². The maximum Gasteiger partial charge on any atom is 0.357 e. The van der Waals surface area contributed by atoms with Crippen LogP contribution >= 0.6 is 0 Å². The van der Waals surface area contributed by atoms with Gasteiger partial charge in [0.15, 0.2) is 22.8 Å². The quantitative estimate of drug-likeness (QED) is 0.353. The smallest absolute Gasteiger partial charge is 0.357 e. The summed E-state index contributed by atoms with van der Waals surface area (Å²) in [5.74, 6) is -5.28. The van der Waals surface area contributed by atoms with Gasteiger partial charge >= 0.3 is 23.9 Å². The number of carbonyl (C=O) groups is 4. The second-order valence-corrected chi connectivity index (χ2v) is 4.33. The lowest BCUT2D eigenvalue weighted by molar-refractivity contribution is 0.0641. The Kier molecular flexibility index (Phi) is 11.9. The van der Waals surface area contributed by atoms with Crippen LogP contribution < -0.4 is 11.5 Å². The molecule has 0 saturated heterocycles. The Morgan fingerprint density at radius 2 is 0.929 bits per heavy atom. The molecule has 0 atom stereocenters. The minimum absolute atomic E-state index is 0.317. The standard InChI is InChI=1S/2C6H6N2O4.2CH5N/c2*1-8-2-7-3(5(9)10)4(8)6(11)12;2*1-2/h2*2H,1H3,(H,9,10)(H,11,12);2*2H2,1H3. The molecule has 28 heavy (non-hydrogen) atoms. The summed E-state index contributed by atoms with van der Waals surface area (Å²) in [6.45, 7) is 0. The first-order valence-corrected chi connectivity index (χ1v) is 7.19. The van der Waals surface area contributed by atoms with Crippen LogP contribution in [0.2, 0.25) is 0 Å². The molecule has 0 unspecified atom stereocenters. The number of carboxylic acid groups (broad SMARTS) is 4. The molecule has 2 heterocycles. The van der Waals surface area contributed by atoms with Crippen LogP contribution in [0.5, 0.6) is 0 Å². The normalized spacial score (nSPS) is 8.79. The average Bonchev–Trinajstić information content (AvgIpc) is 3.22. The molecule has 0 aliphatic carbocycles. The van der Waals surface area contributed by atoms with E-state index < -0.39 is 35.3 Å². The van der Waals surface area contributed by atoms with Gasteiger partial charge in [-0.1, -0.05) is 0 Å². The molecule has 2 aromatic heterocycles. The molecule has 0 bridgehead atoms. The van der Waals surface area contributed by atoms with Crippen molar-refractivity contribution in [2.45, 2.75) is 0 Å². The fraction of sp³-hybridized carbons (Fsp3) is 0.286. The molecule has 14 nitrogen and oxygen atoms in total. The summed E-state index contributed by atoms with van der Waals surface area (Å²) >= 11 is 0. The first kappa shape index (κ1) is 26.4. The molecule has 2 aromatic rings. The van der Waals surface area contributed by atoms with Gasteiger partial charge in [-0.25, -0.2) is 29.1 Å². The minimum Gasteiger partial charge on any atom is -0.476 e. The molecule has 0 spiro atoms. The molecular formula is C14H22N6O8. The van der Waals surface area contributed by atoms with E-state index in [1.807, 2.05) is 0 Å². The topological polar surface area (TPSA) is 237 Å². The molecule has 0 amide bonds. The lowest BCUT2D eigenvalue weighted by atomic mass is 10.3. The summed E-state index contributed by atoms with van der Waals surface area (Å²) in [6.07, 6.45) is 2.29. The molecule has 0 aliphatic rings. The van der Waals surface area contributed by atoms with Gasteiger partial charge in [0.2, 0.25) is 0 Å². The molecule has 2 rings (SSSR count). The summed E-state index contributed by atoms with van der Waals surface area (Å²) in [6, 6.07) is 0. The van der Waals surface area contributed by atoms with E-state index in [0.29, 0.717) is 0 Å². The molecule has 0 fully saturated rings. The second kappa shape index (κ2) is 12.6. The van der Waals surface area contributed by atoms with Gasteiger partial charge in [0.1, 0.15) is 0 Å². The first-order chi connectivity index (χ1) is 13.1. The third-order valence-corrected chi connectivity index (χ3v) is 2.68. The summed E-state index contributed by atoms with van der Waals surface area (Å²) in [7, 11) is 5.84. The number of imidazole rings is 2. The highest BCUT2D eigenvalue weighted by atomic mass is 16.4.